The van der Waals surface area contributed by atoms with E-state index in [0.29, 0.717) is 29.2 Å². The van der Waals surface area contributed by atoms with Gasteiger partial charge >= 0.3 is 5.97 Å². The van der Waals surface area contributed by atoms with Crippen molar-refractivity contribution >= 4 is 23.5 Å². The van der Waals surface area contributed by atoms with Crippen LogP contribution >= 0.6 is 11.8 Å². The van der Waals surface area contributed by atoms with Gasteiger partial charge in [-0.3, -0.25) is 4.79 Å². The van der Waals surface area contributed by atoms with Gasteiger partial charge in [0.05, 0.1) is 28.6 Å². The summed E-state index contributed by atoms with van der Waals surface area (Å²) in [5, 5.41) is 29.8. The fraction of sp³-hybridized carbons (Fsp3) is 0.158. The largest absolute Gasteiger partial charge is 0.478 e. The molecule has 9 heteroatoms. The molecule has 28 heavy (non-hydrogen) atoms. The first kappa shape index (κ1) is 19.3. The van der Waals surface area contributed by atoms with Crippen molar-refractivity contribution < 1.29 is 14.7 Å². The average Bonchev–Trinajstić information content (AvgIpc) is 3.19. The minimum absolute atomic E-state index is 0.0446. The molecule has 1 aromatic heterocycles. The molecule has 140 valence electrons. The number of rotatable bonds is 8. The van der Waals surface area contributed by atoms with Crippen molar-refractivity contribution in [2.45, 2.75) is 18.0 Å². The zero-order valence-corrected chi connectivity index (χ0v) is 15.5. The van der Waals surface area contributed by atoms with Crippen LogP contribution in [-0.2, 0) is 11.2 Å². The molecule has 0 saturated carbocycles. The van der Waals surface area contributed by atoms with Crippen LogP contribution in [0, 0.1) is 11.3 Å². The Morgan fingerprint density at radius 2 is 1.96 bits per heavy atom. The van der Waals surface area contributed by atoms with Crippen LogP contribution in [0.5, 0.6) is 0 Å². The van der Waals surface area contributed by atoms with Crippen LogP contribution in [0.1, 0.15) is 27.9 Å². The Morgan fingerprint density at radius 3 is 2.68 bits per heavy atom. The monoisotopic (exact) mass is 393 g/mol. The van der Waals surface area contributed by atoms with Crippen LogP contribution in [0.2, 0.25) is 0 Å². The number of benzene rings is 2. The van der Waals surface area contributed by atoms with Gasteiger partial charge in [0.25, 0.3) is 0 Å². The van der Waals surface area contributed by atoms with Gasteiger partial charge in [-0.15, -0.1) is 5.10 Å². The number of carboxylic acid groups (broad SMARTS) is 1. The minimum atomic E-state index is -1.01. The van der Waals surface area contributed by atoms with E-state index < -0.39 is 5.97 Å². The summed E-state index contributed by atoms with van der Waals surface area (Å²) in [5.41, 5.74) is 2.30. The number of hydrogen-bond acceptors (Lipinski definition) is 7. The van der Waals surface area contributed by atoms with Crippen molar-refractivity contribution in [1.82, 2.24) is 20.2 Å². The summed E-state index contributed by atoms with van der Waals surface area (Å²) in [5.74, 6) is -0.752. The molecule has 0 spiro atoms. The second kappa shape index (κ2) is 8.92. The maximum absolute atomic E-state index is 12.2. The molecule has 0 aliphatic rings. The molecule has 1 heterocycles. The van der Waals surface area contributed by atoms with E-state index in [1.165, 1.54) is 28.6 Å². The number of tetrazole rings is 1. The SMILES string of the molecule is N#Cc1cccc(CCC(=O)CSc2nnnn2-c2ccc(C(=O)O)cc2)c1. The Balaban J connectivity index is 1.58. The lowest BCUT2D eigenvalue weighted by molar-refractivity contribution is -0.116. The van der Waals surface area contributed by atoms with Crippen LogP contribution in [0.15, 0.2) is 53.7 Å². The van der Waals surface area contributed by atoms with E-state index >= 15 is 0 Å². The topological polar surface area (TPSA) is 122 Å². The summed E-state index contributed by atoms with van der Waals surface area (Å²) in [4.78, 5) is 23.1. The van der Waals surface area contributed by atoms with Crippen LogP contribution in [0.25, 0.3) is 5.69 Å². The molecule has 0 amide bonds. The summed E-state index contributed by atoms with van der Waals surface area (Å²) >= 11 is 1.22. The van der Waals surface area contributed by atoms with Gasteiger partial charge in [-0.05, 0) is 58.8 Å². The quantitative estimate of drug-likeness (QED) is 0.579. The lowest BCUT2D eigenvalue weighted by Crippen LogP contribution is -2.06. The summed E-state index contributed by atoms with van der Waals surface area (Å²) in [6.45, 7) is 0. The van der Waals surface area contributed by atoms with Crippen molar-refractivity contribution in [3.8, 4) is 11.8 Å². The minimum Gasteiger partial charge on any atom is -0.478 e. The van der Waals surface area contributed by atoms with Gasteiger partial charge in [-0.1, -0.05) is 23.9 Å². The van der Waals surface area contributed by atoms with Crippen LogP contribution in [-0.4, -0.2) is 42.8 Å². The van der Waals surface area contributed by atoms with Crippen LogP contribution < -0.4 is 0 Å². The van der Waals surface area contributed by atoms with E-state index in [1.54, 1.807) is 30.3 Å². The second-order valence-electron chi connectivity index (χ2n) is 5.86. The van der Waals surface area contributed by atoms with Crippen molar-refractivity contribution in [3.63, 3.8) is 0 Å². The van der Waals surface area contributed by atoms with Gasteiger partial charge in [0.1, 0.15) is 5.78 Å². The third kappa shape index (κ3) is 4.81. The Morgan fingerprint density at radius 1 is 1.18 bits per heavy atom. The maximum Gasteiger partial charge on any atom is 0.335 e. The first-order valence-corrected chi connectivity index (χ1v) is 9.31. The first-order valence-electron chi connectivity index (χ1n) is 8.32. The predicted octanol–water partition coefficient (Wildman–Crippen LogP) is 2.53. The Kier molecular flexibility index (Phi) is 6.14. The van der Waals surface area contributed by atoms with E-state index in [2.05, 4.69) is 21.6 Å². The molecule has 0 radical (unpaired) electrons. The van der Waals surface area contributed by atoms with Crippen molar-refractivity contribution in [3.05, 3.63) is 65.2 Å². The Hall–Kier alpha value is -3.51. The van der Waals surface area contributed by atoms with Gasteiger partial charge in [0.2, 0.25) is 5.16 Å². The molecule has 0 fully saturated rings. The lowest BCUT2D eigenvalue weighted by atomic mass is 10.1. The molecular weight excluding hydrogens is 378 g/mol. The summed E-state index contributed by atoms with van der Waals surface area (Å²) in [7, 11) is 0. The molecule has 3 rings (SSSR count). The number of aryl methyl sites for hydroxylation is 1. The molecule has 0 aliphatic carbocycles. The summed E-state index contributed by atoms with van der Waals surface area (Å²) in [6, 6.07) is 15.4. The first-order chi connectivity index (χ1) is 13.6. The summed E-state index contributed by atoms with van der Waals surface area (Å²) in [6.07, 6.45) is 0.924. The van der Waals surface area contributed by atoms with E-state index in [9.17, 15) is 9.59 Å². The van der Waals surface area contributed by atoms with Gasteiger partial charge in [-0.2, -0.15) is 9.94 Å². The zero-order chi connectivity index (χ0) is 19.9. The maximum atomic E-state index is 12.2. The van der Waals surface area contributed by atoms with E-state index in [1.807, 2.05) is 6.07 Å². The van der Waals surface area contributed by atoms with E-state index in [-0.39, 0.29) is 17.1 Å². The van der Waals surface area contributed by atoms with Crippen molar-refractivity contribution in [2.24, 2.45) is 0 Å². The highest BCUT2D eigenvalue weighted by Crippen LogP contribution is 2.19. The number of carbonyl (C=O) groups is 2. The molecule has 0 unspecified atom stereocenters. The number of carbonyl (C=O) groups excluding carboxylic acids is 1. The molecule has 3 aromatic rings. The molecule has 0 atom stereocenters. The molecule has 2 aromatic carbocycles. The van der Waals surface area contributed by atoms with Gasteiger partial charge in [0.15, 0.2) is 0 Å². The molecular formula is C19H15N5O3S. The molecule has 0 aliphatic heterocycles. The molecule has 1 N–H and O–H groups in total. The number of carboxylic acids is 1. The fourth-order valence-electron chi connectivity index (χ4n) is 2.47. The highest BCUT2D eigenvalue weighted by molar-refractivity contribution is 7.99. The normalized spacial score (nSPS) is 10.4. The smallest absolute Gasteiger partial charge is 0.335 e. The number of ketones is 1. The number of aromatic carboxylic acids is 1. The van der Waals surface area contributed by atoms with E-state index in [4.69, 9.17) is 10.4 Å². The van der Waals surface area contributed by atoms with Crippen LogP contribution in [0.4, 0.5) is 0 Å². The second-order valence-corrected chi connectivity index (χ2v) is 6.81. The fourth-order valence-corrected chi connectivity index (χ4v) is 3.27. The number of aromatic nitrogens is 4. The number of thioether (sulfide) groups is 1. The number of hydrogen-bond donors (Lipinski definition) is 1. The predicted molar refractivity (Wildman–Crippen MR) is 101 cm³/mol. The van der Waals surface area contributed by atoms with Crippen molar-refractivity contribution in [1.29, 1.82) is 5.26 Å². The zero-order valence-electron chi connectivity index (χ0n) is 14.6. The third-order valence-corrected chi connectivity index (χ3v) is 4.89. The lowest BCUT2D eigenvalue weighted by Gasteiger charge is -2.05. The number of Topliss-reactive ketones (excluding diaryl/α,β-unsaturated/α-hetero) is 1. The average molecular weight is 393 g/mol. The third-order valence-electron chi connectivity index (χ3n) is 3.91. The van der Waals surface area contributed by atoms with Gasteiger partial charge in [-0.25, -0.2) is 4.79 Å². The molecule has 0 saturated heterocycles. The molecule has 8 nitrogen and oxygen atoms in total. The number of nitriles is 1. The summed E-state index contributed by atoms with van der Waals surface area (Å²) < 4.78 is 1.46. The van der Waals surface area contributed by atoms with Gasteiger partial charge in [0, 0.05) is 6.42 Å². The highest BCUT2D eigenvalue weighted by atomic mass is 32.2. The van der Waals surface area contributed by atoms with Crippen LogP contribution in [0.3, 0.4) is 0 Å². The Bertz CT molecular complexity index is 1040. The standard InChI is InChI=1S/C19H15N5O3S/c20-11-14-3-1-2-13(10-14)4-9-17(25)12-28-19-21-22-23-24(19)16-7-5-15(6-8-16)18(26)27/h1-3,5-8,10H,4,9,12H2,(H,26,27). The van der Waals surface area contributed by atoms with E-state index in [0.717, 1.165) is 5.56 Å². The highest BCUT2D eigenvalue weighted by Gasteiger charge is 2.12. The van der Waals surface area contributed by atoms with Gasteiger partial charge < -0.3 is 5.11 Å². The number of nitrogens with zero attached hydrogens (tertiary/aromatic N) is 5. The van der Waals surface area contributed by atoms with Crippen molar-refractivity contribution in [2.75, 3.05) is 5.75 Å². The Labute approximate surface area is 164 Å². The molecule has 0 bridgehead atoms.